The summed E-state index contributed by atoms with van der Waals surface area (Å²) in [5.41, 5.74) is 6.65. The van der Waals surface area contributed by atoms with E-state index in [9.17, 15) is 14.0 Å². The second kappa shape index (κ2) is 10.1. The number of nitrogens with zero attached hydrogens (tertiary/aromatic N) is 3. The van der Waals surface area contributed by atoms with Gasteiger partial charge in [0.05, 0.1) is 47.0 Å². The molecule has 0 spiro atoms. The molecule has 1 aromatic carbocycles. The summed E-state index contributed by atoms with van der Waals surface area (Å²) in [4.78, 5) is 30.3. The zero-order valence-corrected chi connectivity index (χ0v) is 20.8. The predicted molar refractivity (Wildman–Crippen MR) is 137 cm³/mol. The van der Waals surface area contributed by atoms with Gasteiger partial charge in [-0.1, -0.05) is 24.2 Å². The number of hydrogen-bond acceptors (Lipinski definition) is 6. The fourth-order valence-corrected chi connectivity index (χ4v) is 4.82. The van der Waals surface area contributed by atoms with E-state index in [4.69, 9.17) is 21.1 Å². The Morgan fingerprint density at radius 2 is 2.19 bits per heavy atom. The Balaban J connectivity index is 1.51. The number of aromatic nitrogens is 2. The highest BCUT2D eigenvalue weighted by molar-refractivity contribution is 6.32. The van der Waals surface area contributed by atoms with Gasteiger partial charge in [0.1, 0.15) is 12.4 Å². The molecule has 1 fully saturated rings. The first kappa shape index (κ1) is 24.6. The maximum Gasteiger partial charge on any atom is 0.282 e. The Morgan fingerprint density at radius 3 is 2.92 bits per heavy atom. The third-order valence-corrected chi connectivity index (χ3v) is 6.82. The minimum atomic E-state index is -0.990. The number of halogens is 2. The first-order valence-corrected chi connectivity index (χ1v) is 12.1. The number of hydrogen-bond donors (Lipinski definition) is 2. The molecule has 0 saturated carbocycles. The van der Waals surface area contributed by atoms with Gasteiger partial charge >= 0.3 is 0 Å². The molecule has 1 saturated heterocycles. The molecule has 3 aromatic rings. The number of para-hydroxylation sites is 1. The van der Waals surface area contributed by atoms with E-state index in [1.807, 2.05) is 10.7 Å². The molecule has 2 aliphatic rings. The monoisotopic (exact) mass is 525 g/mol. The molecule has 37 heavy (non-hydrogen) atoms. The van der Waals surface area contributed by atoms with Crippen molar-refractivity contribution >= 4 is 29.1 Å². The van der Waals surface area contributed by atoms with Gasteiger partial charge in [0.2, 0.25) is 0 Å². The summed E-state index contributed by atoms with van der Waals surface area (Å²) < 4.78 is 26.8. The van der Waals surface area contributed by atoms with E-state index < -0.39 is 11.7 Å². The van der Waals surface area contributed by atoms with Crippen LogP contribution in [0.1, 0.15) is 22.5 Å². The quantitative estimate of drug-likeness (QED) is 0.434. The summed E-state index contributed by atoms with van der Waals surface area (Å²) in [7, 11) is 1.54. The van der Waals surface area contributed by atoms with E-state index in [0.29, 0.717) is 65.0 Å². The zero-order chi connectivity index (χ0) is 26.1. The maximum absolute atomic E-state index is 13.3. The molecule has 1 atom stereocenters. The predicted octanol–water partition coefficient (Wildman–Crippen LogP) is 3.84. The topological polar surface area (TPSA) is 97.7 Å². The van der Waals surface area contributed by atoms with Crippen molar-refractivity contribution in [3.63, 3.8) is 0 Å². The molecule has 4 heterocycles. The van der Waals surface area contributed by atoms with E-state index in [-0.39, 0.29) is 18.6 Å². The van der Waals surface area contributed by atoms with Crippen molar-refractivity contribution in [1.29, 1.82) is 0 Å². The summed E-state index contributed by atoms with van der Waals surface area (Å²) >= 11 is 6.34. The summed E-state index contributed by atoms with van der Waals surface area (Å²) in [6.45, 7) is 4.20. The fraction of sp³-hybridized carbons (Fsp3) is 0.269. The van der Waals surface area contributed by atoms with Gasteiger partial charge in [-0.25, -0.2) is 4.39 Å². The number of likely N-dealkylation sites (tertiary alicyclic amines) is 1. The van der Waals surface area contributed by atoms with E-state index in [1.165, 1.54) is 12.0 Å². The molecule has 2 aromatic heterocycles. The number of anilines is 1. The Bertz CT molecular complexity index is 1390. The second-order valence-electron chi connectivity index (χ2n) is 8.69. The molecule has 0 bridgehead atoms. The van der Waals surface area contributed by atoms with Gasteiger partial charge in [-0.3, -0.25) is 24.7 Å². The minimum absolute atomic E-state index is 0.161. The molecule has 11 heteroatoms. The van der Waals surface area contributed by atoms with Crippen molar-refractivity contribution in [3.05, 3.63) is 71.4 Å². The first-order chi connectivity index (χ1) is 17.9. The SMILES string of the molecule is C=C(F)C(=O)N1CC[C@H]1COc1cnccc1-c1cc2c(n1Nc1cccc(Cl)c1OC)CCNC2=O. The molecule has 5 rings (SSSR count). The highest BCUT2D eigenvalue weighted by atomic mass is 35.5. The molecular weight excluding hydrogens is 501 g/mol. The average Bonchev–Trinajstić information content (AvgIpc) is 3.23. The number of rotatable bonds is 8. The summed E-state index contributed by atoms with van der Waals surface area (Å²) in [6.07, 6.45) is 4.50. The lowest BCUT2D eigenvalue weighted by Gasteiger charge is -2.40. The molecule has 2 amide bonds. The highest BCUT2D eigenvalue weighted by Crippen LogP contribution is 2.37. The zero-order valence-electron chi connectivity index (χ0n) is 20.1. The van der Waals surface area contributed by atoms with Crippen LogP contribution in [0.25, 0.3) is 11.3 Å². The third kappa shape index (κ3) is 4.60. The van der Waals surface area contributed by atoms with E-state index in [1.54, 1.807) is 36.7 Å². The van der Waals surface area contributed by atoms with Crippen LogP contribution in [0.15, 0.2) is 55.1 Å². The number of methoxy groups -OCH3 is 1. The van der Waals surface area contributed by atoms with Crippen molar-refractivity contribution in [2.24, 2.45) is 0 Å². The van der Waals surface area contributed by atoms with Crippen molar-refractivity contribution in [1.82, 2.24) is 19.9 Å². The molecule has 2 N–H and O–H groups in total. The molecule has 0 radical (unpaired) electrons. The first-order valence-electron chi connectivity index (χ1n) is 11.7. The fourth-order valence-electron chi connectivity index (χ4n) is 4.56. The number of fused-ring (bicyclic) bond motifs is 1. The lowest BCUT2D eigenvalue weighted by molar-refractivity contribution is -0.137. The van der Waals surface area contributed by atoms with E-state index in [2.05, 4.69) is 22.3 Å². The Morgan fingerprint density at radius 1 is 1.35 bits per heavy atom. The number of pyridine rings is 1. The Labute approximate surface area is 217 Å². The van der Waals surface area contributed by atoms with Gasteiger partial charge in [-0.2, -0.15) is 0 Å². The van der Waals surface area contributed by atoms with Crippen molar-refractivity contribution in [2.45, 2.75) is 18.9 Å². The van der Waals surface area contributed by atoms with Crippen LogP contribution in [-0.2, 0) is 11.2 Å². The minimum Gasteiger partial charge on any atom is -0.493 e. The van der Waals surface area contributed by atoms with E-state index >= 15 is 0 Å². The number of amides is 2. The van der Waals surface area contributed by atoms with Crippen LogP contribution >= 0.6 is 11.6 Å². The lowest BCUT2D eigenvalue weighted by atomic mass is 10.0. The van der Waals surface area contributed by atoms with Gasteiger partial charge in [0.25, 0.3) is 11.8 Å². The Kier molecular flexibility index (Phi) is 6.75. The number of carbonyl (C=O) groups is 2. The largest absolute Gasteiger partial charge is 0.493 e. The van der Waals surface area contributed by atoms with E-state index in [0.717, 1.165) is 5.69 Å². The van der Waals surface area contributed by atoms with Gasteiger partial charge in [-0.05, 0) is 30.7 Å². The maximum atomic E-state index is 13.3. The Hall–Kier alpha value is -4.05. The smallest absolute Gasteiger partial charge is 0.282 e. The molecule has 2 aliphatic heterocycles. The van der Waals surface area contributed by atoms with Crippen LogP contribution < -0.4 is 20.2 Å². The van der Waals surface area contributed by atoms with Crippen LogP contribution in [0.5, 0.6) is 11.5 Å². The van der Waals surface area contributed by atoms with Gasteiger partial charge < -0.3 is 19.7 Å². The van der Waals surface area contributed by atoms with Crippen molar-refractivity contribution in [3.8, 4) is 22.8 Å². The summed E-state index contributed by atoms with van der Waals surface area (Å²) in [6, 6.07) is 8.67. The number of carbonyl (C=O) groups excluding carboxylic acids is 2. The van der Waals surface area contributed by atoms with Gasteiger partial charge in [-0.15, -0.1) is 0 Å². The van der Waals surface area contributed by atoms with Crippen LogP contribution in [-0.4, -0.2) is 59.2 Å². The van der Waals surface area contributed by atoms with Crippen molar-refractivity contribution < 1.29 is 23.5 Å². The molecule has 0 unspecified atom stereocenters. The molecular formula is C26H25ClFN5O4. The summed E-state index contributed by atoms with van der Waals surface area (Å²) in [5.74, 6) is -0.965. The van der Waals surface area contributed by atoms with Crippen LogP contribution in [0.4, 0.5) is 10.1 Å². The molecule has 192 valence electrons. The second-order valence-corrected chi connectivity index (χ2v) is 9.10. The third-order valence-electron chi connectivity index (χ3n) is 6.53. The highest BCUT2D eigenvalue weighted by Gasteiger charge is 2.34. The number of nitrogens with one attached hydrogen (secondary N) is 2. The normalized spacial score (nSPS) is 16.4. The van der Waals surface area contributed by atoms with Crippen LogP contribution in [0, 0.1) is 0 Å². The lowest BCUT2D eigenvalue weighted by Crippen LogP contribution is -2.54. The average molecular weight is 526 g/mol. The van der Waals surface area contributed by atoms with Crippen LogP contribution in [0.2, 0.25) is 5.02 Å². The molecule has 9 nitrogen and oxygen atoms in total. The summed E-state index contributed by atoms with van der Waals surface area (Å²) in [5, 5.41) is 3.32. The standard InChI is InChI=1S/C26H25ClFN5O4/c1-15(28)26(35)32-11-8-16(32)14-37-23-13-29-9-6-17(23)22-12-18-21(7-10-30-25(18)34)33(22)31-20-5-3-4-19(27)24(20)36-2/h3-6,9,12-13,16,31H,1,7-8,10-11,14H2,2H3,(H,30,34)/t16-/m0/s1. The van der Waals surface area contributed by atoms with Gasteiger partial charge in [0.15, 0.2) is 11.6 Å². The number of benzene rings is 1. The number of ether oxygens (including phenoxy) is 2. The van der Waals surface area contributed by atoms with Gasteiger partial charge in [0, 0.05) is 31.3 Å². The molecule has 0 aliphatic carbocycles. The van der Waals surface area contributed by atoms with Crippen LogP contribution in [0.3, 0.4) is 0 Å². The van der Waals surface area contributed by atoms with Crippen molar-refractivity contribution in [2.75, 3.05) is 32.2 Å².